The summed E-state index contributed by atoms with van der Waals surface area (Å²) in [5, 5.41) is 3.37. The Morgan fingerprint density at radius 3 is 2.46 bits per heavy atom. The molecule has 0 amide bonds. The van der Waals surface area contributed by atoms with E-state index in [0.29, 0.717) is 12.0 Å². The SMILES string of the molecule is CCC(C)COCCCNC(C)C. The van der Waals surface area contributed by atoms with Crippen LogP contribution in [-0.2, 0) is 4.74 Å². The molecule has 1 unspecified atom stereocenters. The zero-order chi connectivity index (χ0) is 10.1. The Morgan fingerprint density at radius 1 is 1.23 bits per heavy atom. The highest BCUT2D eigenvalue weighted by molar-refractivity contribution is 4.52. The summed E-state index contributed by atoms with van der Waals surface area (Å²) in [5.74, 6) is 0.707. The van der Waals surface area contributed by atoms with Crippen LogP contribution in [0.2, 0.25) is 0 Å². The van der Waals surface area contributed by atoms with Crippen LogP contribution >= 0.6 is 0 Å². The summed E-state index contributed by atoms with van der Waals surface area (Å²) in [6.45, 7) is 11.6. The van der Waals surface area contributed by atoms with E-state index < -0.39 is 0 Å². The number of hydrogen-bond acceptors (Lipinski definition) is 2. The van der Waals surface area contributed by atoms with Crippen molar-refractivity contribution in [2.75, 3.05) is 19.8 Å². The number of rotatable bonds is 8. The summed E-state index contributed by atoms with van der Waals surface area (Å²) in [7, 11) is 0. The van der Waals surface area contributed by atoms with Gasteiger partial charge in [-0.15, -0.1) is 0 Å². The fourth-order valence-electron chi connectivity index (χ4n) is 0.967. The van der Waals surface area contributed by atoms with Crippen LogP contribution in [0.1, 0.15) is 40.5 Å². The highest BCUT2D eigenvalue weighted by atomic mass is 16.5. The maximum absolute atomic E-state index is 5.53. The molecule has 0 aliphatic rings. The Labute approximate surface area is 83.1 Å². The quantitative estimate of drug-likeness (QED) is 0.589. The van der Waals surface area contributed by atoms with Crippen molar-refractivity contribution in [3.8, 4) is 0 Å². The van der Waals surface area contributed by atoms with Crippen molar-refractivity contribution >= 4 is 0 Å². The minimum Gasteiger partial charge on any atom is -0.381 e. The zero-order valence-electron chi connectivity index (χ0n) is 9.60. The molecule has 80 valence electrons. The Balaban J connectivity index is 2.99. The lowest BCUT2D eigenvalue weighted by atomic mass is 10.1. The Morgan fingerprint density at radius 2 is 1.92 bits per heavy atom. The molecule has 2 nitrogen and oxygen atoms in total. The van der Waals surface area contributed by atoms with E-state index >= 15 is 0 Å². The van der Waals surface area contributed by atoms with E-state index in [1.165, 1.54) is 6.42 Å². The van der Waals surface area contributed by atoms with Gasteiger partial charge < -0.3 is 10.1 Å². The van der Waals surface area contributed by atoms with Crippen molar-refractivity contribution in [3.63, 3.8) is 0 Å². The summed E-state index contributed by atoms with van der Waals surface area (Å²) >= 11 is 0. The molecule has 0 fully saturated rings. The third-order valence-corrected chi connectivity index (χ3v) is 2.12. The normalized spacial score (nSPS) is 13.6. The molecule has 0 aromatic rings. The topological polar surface area (TPSA) is 21.3 Å². The molecule has 1 atom stereocenters. The van der Waals surface area contributed by atoms with Crippen LogP contribution < -0.4 is 5.32 Å². The van der Waals surface area contributed by atoms with E-state index in [0.717, 1.165) is 26.2 Å². The van der Waals surface area contributed by atoms with E-state index in [2.05, 4.69) is 33.0 Å². The molecule has 0 rings (SSSR count). The first kappa shape index (κ1) is 12.9. The first-order chi connectivity index (χ1) is 6.16. The van der Waals surface area contributed by atoms with Crippen molar-refractivity contribution in [2.45, 2.75) is 46.6 Å². The van der Waals surface area contributed by atoms with Gasteiger partial charge in [0.05, 0.1) is 0 Å². The Kier molecular flexibility index (Phi) is 8.46. The van der Waals surface area contributed by atoms with Crippen LogP contribution in [-0.4, -0.2) is 25.8 Å². The molecule has 0 saturated carbocycles. The number of hydrogen-bond donors (Lipinski definition) is 1. The molecule has 0 spiro atoms. The second kappa shape index (κ2) is 8.52. The van der Waals surface area contributed by atoms with E-state index in [1.807, 2.05) is 0 Å². The first-order valence-electron chi connectivity index (χ1n) is 5.48. The fraction of sp³-hybridized carbons (Fsp3) is 1.00. The lowest BCUT2D eigenvalue weighted by Gasteiger charge is -2.10. The van der Waals surface area contributed by atoms with Gasteiger partial charge in [-0.25, -0.2) is 0 Å². The van der Waals surface area contributed by atoms with Gasteiger partial charge in [0.25, 0.3) is 0 Å². The van der Waals surface area contributed by atoms with Crippen molar-refractivity contribution < 1.29 is 4.74 Å². The molecule has 0 aromatic carbocycles. The van der Waals surface area contributed by atoms with Crippen LogP contribution in [0.4, 0.5) is 0 Å². The average molecular weight is 187 g/mol. The minimum absolute atomic E-state index is 0.592. The van der Waals surface area contributed by atoms with Crippen LogP contribution in [0.15, 0.2) is 0 Å². The number of nitrogens with one attached hydrogen (secondary N) is 1. The van der Waals surface area contributed by atoms with E-state index in [4.69, 9.17) is 4.74 Å². The molecule has 0 aliphatic heterocycles. The highest BCUT2D eigenvalue weighted by Crippen LogP contribution is 2.00. The molecule has 0 saturated heterocycles. The summed E-state index contributed by atoms with van der Waals surface area (Å²) in [4.78, 5) is 0. The van der Waals surface area contributed by atoms with Crippen molar-refractivity contribution in [1.82, 2.24) is 5.32 Å². The fourth-order valence-corrected chi connectivity index (χ4v) is 0.967. The van der Waals surface area contributed by atoms with Gasteiger partial charge in [0.1, 0.15) is 0 Å². The lowest BCUT2D eigenvalue weighted by molar-refractivity contribution is 0.101. The maximum Gasteiger partial charge on any atom is 0.0491 e. The summed E-state index contributed by atoms with van der Waals surface area (Å²) in [6.07, 6.45) is 2.33. The molecule has 0 aromatic heterocycles. The molecule has 0 heterocycles. The summed E-state index contributed by atoms with van der Waals surface area (Å²) in [5.41, 5.74) is 0. The Bertz CT molecular complexity index is 104. The van der Waals surface area contributed by atoms with Crippen molar-refractivity contribution in [2.24, 2.45) is 5.92 Å². The van der Waals surface area contributed by atoms with Gasteiger partial charge in [-0.05, 0) is 18.9 Å². The largest absolute Gasteiger partial charge is 0.381 e. The lowest BCUT2D eigenvalue weighted by Crippen LogP contribution is -2.24. The van der Waals surface area contributed by atoms with Gasteiger partial charge in [-0.1, -0.05) is 34.1 Å². The van der Waals surface area contributed by atoms with Crippen LogP contribution in [0.25, 0.3) is 0 Å². The molecule has 13 heavy (non-hydrogen) atoms. The molecule has 1 N–H and O–H groups in total. The summed E-state index contributed by atoms with van der Waals surface area (Å²) in [6, 6.07) is 0.592. The molecular weight excluding hydrogens is 162 g/mol. The average Bonchev–Trinajstić information content (AvgIpc) is 2.10. The third-order valence-electron chi connectivity index (χ3n) is 2.12. The first-order valence-corrected chi connectivity index (χ1v) is 5.48. The predicted octanol–water partition coefficient (Wildman–Crippen LogP) is 2.44. The second-order valence-electron chi connectivity index (χ2n) is 4.05. The molecule has 0 bridgehead atoms. The van der Waals surface area contributed by atoms with Crippen molar-refractivity contribution in [1.29, 1.82) is 0 Å². The molecule has 0 radical (unpaired) electrons. The Hall–Kier alpha value is -0.0800. The van der Waals surface area contributed by atoms with Gasteiger partial charge in [0.2, 0.25) is 0 Å². The summed E-state index contributed by atoms with van der Waals surface area (Å²) < 4.78 is 5.53. The second-order valence-corrected chi connectivity index (χ2v) is 4.05. The van der Waals surface area contributed by atoms with Gasteiger partial charge in [0.15, 0.2) is 0 Å². The van der Waals surface area contributed by atoms with Crippen LogP contribution in [0.5, 0.6) is 0 Å². The van der Waals surface area contributed by atoms with Crippen molar-refractivity contribution in [3.05, 3.63) is 0 Å². The highest BCUT2D eigenvalue weighted by Gasteiger charge is 1.97. The maximum atomic E-state index is 5.53. The van der Waals surface area contributed by atoms with E-state index in [1.54, 1.807) is 0 Å². The molecule has 0 aliphatic carbocycles. The zero-order valence-corrected chi connectivity index (χ0v) is 9.60. The van der Waals surface area contributed by atoms with Gasteiger partial charge in [0, 0.05) is 19.3 Å². The predicted molar refractivity (Wildman–Crippen MR) is 58.0 cm³/mol. The van der Waals surface area contributed by atoms with Crippen LogP contribution in [0.3, 0.4) is 0 Å². The monoisotopic (exact) mass is 187 g/mol. The van der Waals surface area contributed by atoms with E-state index in [-0.39, 0.29) is 0 Å². The molecule has 2 heteroatoms. The van der Waals surface area contributed by atoms with Gasteiger partial charge in [-0.3, -0.25) is 0 Å². The smallest absolute Gasteiger partial charge is 0.0491 e. The van der Waals surface area contributed by atoms with E-state index in [9.17, 15) is 0 Å². The standard InChI is InChI=1S/C11H25NO/c1-5-11(4)9-13-8-6-7-12-10(2)3/h10-12H,5-9H2,1-4H3. The van der Waals surface area contributed by atoms with Gasteiger partial charge >= 0.3 is 0 Å². The van der Waals surface area contributed by atoms with Gasteiger partial charge in [-0.2, -0.15) is 0 Å². The third kappa shape index (κ3) is 9.84. The van der Waals surface area contributed by atoms with Crippen LogP contribution in [0, 0.1) is 5.92 Å². The molecular formula is C11H25NO. The number of ether oxygens (including phenoxy) is 1. The minimum atomic E-state index is 0.592.